The van der Waals surface area contributed by atoms with E-state index in [2.05, 4.69) is 9.97 Å². The first-order chi connectivity index (χ1) is 5.38. The van der Waals surface area contributed by atoms with Crippen molar-refractivity contribution in [2.45, 2.75) is 25.2 Å². The number of hydrogen-bond acceptors (Lipinski definition) is 3. The number of hydrogen-bond donors (Lipinski definition) is 1. The summed E-state index contributed by atoms with van der Waals surface area (Å²) in [5.41, 5.74) is 7.50. The molecule has 2 N–H and O–H groups in total. The topological polar surface area (TPSA) is 51.8 Å². The van der Waals surface area contributed by atoms with Crippen LogP contribution in [-0.2, 0) is 0 Å². The van der Waals surface area contributed by atoms with Crippen LogP contribution in [0.1, 0.15) is 30.9 Å². The molecule has 1 aliphatic carbocycles. The summed E-state index contributed by atoms with van der Waals surface area (Å²) in [7, 11) is 0. The molecule has 0 atom stereocenters. The third-order valence-corrected chi connectivity index (χ3v) is 2.26. The third-order valence-electron chi connectivity index (χ3n) is 2.26. The normalized spacial score (nSPS) is 17.8. The number of nitrogens with zero attached hydrogens (tertiary/aromatic N) is 2. The summed E-state index contributed by atoms with van der Waals surface area (Å²) in [6, 6.07) is 0. The SMILES string of the molecule is Nc1cncnc1C1CCC1. The highest BCUT2D eigenvalue weighted by atomic mass is 14.9. The van der Waals surface area contributed by atoms with Crippen LogP contribution in [0.5, 0.6) is 0 Å². The van der Waals surface area contributed by atoms with E-state index in [4.69, 9.17) is 5.73 Å². The molecule has 0 aromatic carbocycles. The Kier molecular flexibility index (Phi) is 1.49. The largest absolute Gasteiger partial charge is 0.396 e. The zero-order valence-electron chi connectivity index (χ0n) is 6.33. The number of nitrogens with two attached hydrogens (primary N) is 1. The monoisotopic (exact) mass is 149 g/mol. The van der Waals surface area contributed by atoms with Gasteiger partial charge in [0.25, 0.3) is 0 Å². The minimum atomic E-state index is 0.609. The summed E-state index contributed by atoms with van der Waals surface area (Å²) in [5, 5.41) is 0. The highest BCUT2D eigenvalue weighted by Crippen LogP contribution is 2.37. The van der Waals surface area contributed by atoms with Gasteiger partial charge >= 0.3 is 0 Å². The van der Waals surface area contributed by atoms with Crippen molar-refractivity contribution >= 4 is 5.69 Å². The molecule has 1 saturated carbocycles. The Hall–Kier alpha value is -1.12. The molecule has 1 aromatic heterocycles. The van der Waals surface area contributed by atoms with Gasteiger partial charge in [-0.15, -0.1) is 0 Å². The van der Waals surface area contributed by atoms with Crippen molar-refractivity contribution in [3.8, 4) is 0 Å². The van der Waals surface area contributed by atoms with Crippen LogP contribution in [0.4, 0.5) is 5.69 Å². The minimum absolute atomic E-state index is 0.609. The van der Waals surface area contributed by atoms with Gasteiger partial charge in [0.2, 0.25) is 0 Å². The Balaban J connectivity index is 2.28. The molecule has 0 unspecified atom stereocenters. The van der Waals surface area contributed by atoms with Crippen molar-refractivity contribution < 1.29 is 0 Å². The van der Waals surface area contributed by atoms with Gasteiger partial charge in [0.1, 0.15) is 6.33 Å². The molecule has 1 aliphatic rings. The number of rotatable bonds is 1. The molecule has 11 heavy (non-hydrogen) atoms. The standard InChI is InChI=1S/C8H11N3/c9-7-4-10-5-11-8(7)6-2-1-3-6/h4-6H,1-3,9H2. The van der Waals surface area contributed by atoms with E-state index in [0.29, 0.717) is 5.92 Å². The molecular weight excluding hydrogens is 138 g/mol. The second-order valence-electron chi connectivity index (χ2n) is 2.99. The Labute approximate surface area is 65.7 Å². The van der Waals surface area contributed by atoms with Crippen LogP contribution < -0.4 is 5.73 Å². The third kappa shape index (κ3) is 1.06. The van der Waals surface area contributed by atoms with Crippen LogP contribution in [0.2, 0.25) is 0 Å². The van der Waals surface area contributed by atoms with E-state index in [-0.39, 0.29) is 0 Å². The van der Waals surface area contributed by atoms with Gasteiger partial charge in [-0.25, -0.2) is 9.97 Å². The van der Waals surface area contributed by atoms with Crippen molar-refractivity contribution in [3.05, 3.63) is 18.2 Å². The molecule has 0 spiro atoms. The molecule has 1 fully saturated rings. The van der Waals surface area contributed by atoms with Gasteiger partial charge in [0, 0.05) is 5.92 Å². The lowest BCUT2D eigenvalue weighted by Crippen LogP contribution is -2.12. The lowest BCUT2D eigenvalue weighted by molar-refractivity contribution is 0.412. The average molecular weight is 149 g/mol. The highest BCUT2D eigenvalue weighted by molar-refractivity contribution is 5.42. The Bertz CT molecular complexity index is 255. The molecule has 0 saturated heterocycles. The van der Waals surface area contributed by atoms with Gasteiger partial charge in [0.05, 0.1) is 17.6 Å². The van der Waals surface area contributed by atoms with E-state index in [1.54, 1.807) is 12.5 Å². The van der Waals surface area contributed by atoms with Crippen molar-refractivity contribution in [2.24, 2.45) is 0 Å². The molecule has 2 rings (SSSR count). The highest BCUT2D eigenvalue weighted by Gasteiger charge is 2.22. The first-order valence-electron chi connectivity index (χ1n) is 3.93. The molecule has 0 bridgehead atoms. The zero-order valence-corrected chi connectivity index (χ0v) is 6.33. The maximum absolute atomic E-state index is 5.71. The summed E-state index contributed by atoms with van der Waals surface area (Å²) in [6.07, 6.45) is 7.04. The van der Waals surface area contributed by atoms with Crippen LogP contribution in [-0.4, -0.2) is 9.97 Å². The molecule has 1 heterocycles. The number of aromatic nitrogens is 2. The maximum Gasteiger partial charge on any atom is 0.115 e. The van der Waals surface area contributed by atoms with Gasteiger partial charge in [-0.1, -0.05) is 6.42 Å². The fourth-order valence-corrected chi connectivity index (χ4v) is 1.37. The summed E-state index contributed by atoms with van der Waals surface area (Å²) < 4.78 is 0. The van der Waals surface area contributed by atoms with E-state index in [9.17, 15) is 0 Å². The van der Waals surface area contributed by atoms with Gasteiger partial charge in [0.15, 0.2) is 0 Å². The first kappa shape index (κ1) is 6.58. The van der Waals surface area contributed by atoms with E-state index < -0.39 is 0 Å². The summed E-state index contributed by atoms with van der Waals surface area (Å²) in [6.45, 7) is 0. The Morgan fingerprint density at radius 1 is 1.45 bits per heavy atom. The van der Waals surface area contributed by atoms with Crippen molar-refractivity contribution in [1.82, 2.24) is 9.97 Å². The number of nitrogen functional groups attached to an aromatic ring is 1. The quantitative estimate of drug-likeness (QED) is 0.655. The molecule has 3 heteroatoms. The number of anilines is 1. The summed E-state index contributed by atoms with van der Waals surface area (Å²) >= 11 is 0. The molecule has 0 aliphatic heterocycles. The van der Waals surface area contributed by atoms with E-state index in [0.717, 1.165) is 11.4 Å². The van der Waals surface area contributed by atoms with Crippen LogP contribution in [0.3, 0.4) is 0 Å². The molecule has 3 nitrogen and oxygen atoms in total. The lowest BCUT2D eigenvalue weighted by atomic mass is 9.82. The summed E-state index contributed by atoms with van der Waals surface area (Å²) in [4.78, 5) is 8.01. The molecule has 0 amide bonds. The van der Waals surface area contributed by atoms with Crippen LogP contribution in [0, 0.1) is 0 Å². The van der Waals surface area contributed by atoms with E-state index >= 15 is 0 Å². The van der Waals surface area contributed by atoms with Gasteiger partial charge in [-0.2, -0.15) is 0 Å². The van der Waals surface area contributed by atoms with E-state index in [1.165, 1.54) is 19.3 Å². The Morgan fingerprint density at radius 2 is 2.27 bits per heavy atom. The van der Waals surface area contributed by atoms with Crippen molar-refractivity contribution in [3.63, 3.8) is 0 Å². The summed E-state index contributed by atoms with van der Waals surface area (Å²) in [5.74, 6) is 0.609. The lowest BCUT2D eigenvalue weighted by Gasteiger charge is -2.25. The van der Waals surface area contributed by atoms with Crippen LogP contribution in [0.25, 0.3) is 0 Å². The fraction of sp³-hybridized carbons (Fsp3) is 0.500. The van der Waals surface area contributed by atoms with Gasteiger partial charge < -0.3 is 5.73 Å². The predicted molar refractivity (Wildman–Crippen MR) is 43.0 cm³/mol. The van der Waals surface area contributed by atoms with Crippen molar-refractivity contribution in [1.29, 1.82) is 0 Å². The van der Waals surface area contributed by atoms with Crippen LogP contribution in [0.15, 0.2) is 12.5 Å². The average Bonchev–Trinajstić information content (AvgIpc) is 1.90. The second kappa shape index (κ2) is 2.49. The van der Waals surface area contributed by atoms with Gasteiger partial charge in [-0.3, -0.25) is 0 Å². The smallest absolute Gasteiger partial charge is 0.115 e. The van der Waals surface area contributed by atoms with Gasteiger partial charge in [-0.05, 0) is 12.8 Å². The first-order valence-corrected chi connectivity index (χ1v) is 3.93. The molecule has 58 valence electrons. The second-order valence-corrected chi connectivity index (χ2v) is 2.99. The minimum Gasteiger partial charge on any atom is -0.396 e. The molecule has 0 radical (unpaired) electrons. The maximum atomic E-state index is 5.71. The Morgan fingerprint density at radius 3 is 2.82 bits per heavy atom. The molecular formula is C8H11N3. The molecule has 1 aromatic rings. The predicted octanol–water partition coefficient (Wildman–Crippen LogP) is 1.33. The van der Waals surface area contributed by atoms with Crippen molar-refractivity contribution in [2.75, 3.05) is 5.73 Å². The van der Waals surface area contributed by atoms with E-state index in [1.807, 2.05) is 0 Å². The van der Waals surface area contributed by atoms with Crippen LogP contribution >= 0.6 is 0 Å². The zero-order chi connectivity index (χ0) is 7.68. The fourth-order valence-electron chi connectivity index (χ4n) is 1.37.